The summed E-state index contributed by atoms with van der Waals surface area (Å²) in [5.41, 5.74) is -0.600. The van der Waals surface area contributed by atoms with Crippen LogP contribution in [-0.4, -0.2) is 16.9 Å². The highest BCUT2D eigenvalue weighted by Gasteiger charge is 2.39. The normalized spacial score (nSPS) is 18.5. The zero-order valence-electron chi connectivity index (χ0n) is 10.6. The Morgan fingerprint density at radius 1 is 1.28 bits per heavy atom. The van der Waals surface area contributed by atoms with Gasteiger partial charge in [0.25, 0.3) is 0 Å². The maximum Gasteiger partial charge on any atom is 0.309 e. The molecular formula is C14H18O3S. The number of carbonyl (C=O) groups is 2. The minimum absolute atomic E-state index is 0.0549. The number of carboxylic acids is 1. The number of rotatable bonds is 4. The van der Waals surface area contributed by atoms with Crippen molar-refractivity contribution in [3.8, 4) is 0 Å². The lowest BCUT2D eigenvalue weighted by molar-refractivity contribution is -0.151. The molecule has 0 radical (unpaired) electrons. The Bertz CT molecular complexity index is 455. The molecule has 1 aliphatic rings. The third-order valence-electron chi connectivity index (χ3n) is 3.79. The second-order valence-electron chi connectivity index (χ2n) is 5.15. The third kappa shape index (κ3) is 2.64. The number of aliphatic carboxylic acids is 1. The summed E-state index contributed by atoms with van der Waals surface area (Å²) in [7, 11) is 0. The summed E-state index contributed by atoms with van der Waals surface area (Å²) < 4.78 is 0. The van der Waals surface area contributed by atoms with Crippen LogP contribution in [0.25, 0.3) is 0 Å². The van der Waals surface area contributed by atoms with E-state index in [4.69, 9.17) is 0 Å². The predicted molar refractivity (Wildman–Crippen MR) is 71.2 cm³/mol. The van der Waals surface area contributed by atoms with Crippen molar-refractivity contribution in [3.05, 3.63) is 21.9 Å². The molecule has 1 heterocycles. The Kier molecular flexibility index (Phi) is 3.85. The lowest BCUT2D eigenvalue weighted by Crippen LogP contribution is -2.35. The van der Waals surface area contributed by atoms with Gasteiger partial charge in [0.2, 0.25) is 0 Å². The molecule has 1 saturated carbocycles. The third-order valence-corrected chi connectivity index (χ3v) is 4.97. The van der Waals surface area contributed by atoms with E-state index in [1.165, 1.54) is 11.3 Å². The van der Waals surface area contributed by atoms with Crippen LogP contribution in [0, 0.1) is 5.41 Å². The topological polar surface area (TPSA) is 54.4 Å². The van der Waals surface area contributed by atoms with Crippen molar-refractivity contribution in [2.45, 2.75) is 45.4 Å². The van der Waals surface area contributed by atoms with Crippen LogP contribution in [0.15, 0.2) is 12.1 Å². The molecule has 0 unspecified atom stereocenters. The highest BCUT2D eigenvalue weighted by atomic mass is 32.1. The fourth-order valence-electron chi connectivity index (χ4n) is 2.69. The minimum Gasteiger partial charge on any atom is -0.481 e. The van der Waals surface area contributed by atoms with Gasteiger partial charge < -0.3 is 5.11 Å². The summed E-state index contributed by atoms with van der Waals surface area (Å²) in [5, 5.41) is 9.50. The van der Waals surface area contributed by atoms with E-state index in [2.05, 4.69) is 0 Å². The molecule has 1 fully saturated rings. The zero-order valence-corrected chi connectivity index (χ0v) is 11.4. The monoisotopic (exact) mass is 266 g/mol. The van der Waals surface area contributed by atoms with E-state index in [0.717, 1.165) is 41.9 Å². The van der Waals surface area contributed by atoms with Crippen LogP contribution >= 0.6 is 11.3 Å². The molecule has 1 aromatic heterocycles. The molecule has 0 spiro atoms. The summed E-state index contributed by atoms with van der Waals surface area (Å²) in [6.07, 6.45) is 5.22. The van der Waals surface area contributed by atoms with E-state index in [0.29, 0.717) is 6.42 Å². The van der Waals surface area contributed by atoms with Crippen LogP contribution < -0.4 is 0 Å². The molecule has 18 heavy (non-hydrogen) atoms. The number of hydrogen-bond donors (Lipinski definition) is 1. The van der Waals surface area contributed by atoms with Gasteiger partial charge >= 0.3 is 5.97 Å². The molecule has 4 heteroatoms. The first-order valence-corrected chi connectivity index (χ1v) is 7.18. The van der Waals surface area contributed by atoms with Gasteiger partial charge in [-0.05, 0) is 38.3 Å². The molecule has 1 aromatic rings. The first-order valence-electron chi connectivity index (χ1n) is 6.37. The smallest absolute Gasteiger partial charge is 0.309 e. The Morgan fingerprint density at radius 2 is 1.94 bits per heavy atom. The molecule has 0 saturated heterocycles. The van der Waals surface area contributed by atoms with Crippen molar-refractivity contribution < 1.29 is 14.7 Å². The van der Waals surface area contributed by atoms with E-state index >= 15 is 0 Å². The van der Waals surface area contributed by atoms with Gasteiger partial charge in [0.05, 0.1) is 10.3 Å². The second kappa shape index (κ2) is 5.22. The van der Waals surface area contributed by atoms with Crippen LogP contribution in [0.2, 0.25) is 0 Å². The van der Waals surface area contributed by atoms with Gasteiger partial charge in [-0.25, -0.2) is 0 Å². The quantitative estimate of drug-likeness (QED) is 0.848. The maximum absolute atomic E-state index is 11.6. The van der Waals surface area contributed by atoms with Gasteiger partial charge in [-0.1, -0.05) is 19.3 Å². The SMILES string of the molecule is CC(=O)c1ccc(CC2(C(=O)O)CCCCC2)s1. The van der Waals surface area contributed by atoms with E-state index in [1.54, 1.807) is 13.0 Å². The Morgan fingerprint density at radius 3 is 2.44 bits per heavy atom. The second-order valence-corrected chi connectivity index (χ2v) is 6.31. The van der Waals surface area contributed by atoms with Gasteiger partial charge in [0.15, 0.2) is 5.78 Å². The zero-order chi connectivity index (χ0) is 13.2. The first-order chi connectivity index (χ1) is 8.53. The molecule has 98 valence electrons. The van der Waals surface area contributed by atoms with E-state index < -0.39 is 11.4 Å². The fourth-order valence-corrected chi connectivity index (χ4v) is 3.74. The first kappa shape index (κ1) is 13.3. The predicted octanol–water partition coefficient (Wildman–Crippen LogP) is 3.53. The molecular weight excluding hydrogens is 248 g/mol. The Hall–Kier alpha value is -1.16. The number of ketones is 1. The molecule has 1 N–H and O–H groups in total. The summed E-state index contributed by atoms with van der Waals surface area (Å²) in [6.45, 7) is 1.54. The van der Waals surface area contributed by atoms with Gasteiger partial charge in [0.1, 0.15) is 0 Å². The number of hydrogen-bond acceptors (Lipinski definition) is 3. The van der Waals surface area contributed by atoms with Crippen LogP contribution in [0.5, 0.6) is 0 Å². The van der Waals surface area contributed by atoms with Crippen molar-refractivity contribution in [2.75, 3.05) is 0 Å². The number of carboxylic acid groups (broad SMARTS) is 1. The van der Waals surface area contributed by atoms with E-state index in [1.807, 2.05) is 6.07 Å². The average molecular weight is 266 g/mol. The minimum atomic E-state index is -0.681. The molecule has 3 nitrogen and oxygen atoms in total. The van der Waals surface area contributed by atoms with E-state index in [9.17, 15) is 14.7 Å². The van der Waals surface area contributed by atoms with Gasteiger partial charge in [-0.2, -0.15) is 0 Å². The summed E-state index contributed by atoms with van der Waals surface area (Å²) in [5.74, 6) is -0.626. The average Bonchev–Trinajstić information content (AvgIpc) is 2.78. The van der Waals surface area contributed by atoms with Crippen molar-refractivity contribution in [1.82, 2.24) is 0 Å². The highest BCUT2D eigenvalue weighted by Crippen LogP contribution is 2.40. The molecule has 0 atom stereocenters. The van der Waals surface area contributed by atoms with Gasteiger partial charge in [-0.3, -0.25) is 9.59 Å². The summed E-state index contributed by atoms with van der Waals surface area (Å²) >= 11 is 1.44. The molecule has 0 bridgehead atoms. The molecule has 0 amide bonds. The maximum atomic E-state index is 11.6. The fraction of sp³-hybridized carbons (Fsp3) is 0.571. The standard InChI is InChI=1S/C14H18O3S/c1-10(15)12-6-5-11(18-12)9-14(13(16)17)7-3-2-4-8-14/h5-6H,2-4,7-9H2,1H3,(H,16,17). The number of Topliss-reactive ketones (excluding diaryl/α,β-unsaturated/α-hetero) is 1. The van der Waals surface area contributed by atoms with Crippen molar-refractivity contribution in [3.63, 3.8) is 0 Å². The highest BCUT2D eigenvalue weighted by molar-refractivity contribution is 7.14. The largest absolute Gasteiger partial charge is 0.481 e. The van der Waals surface area contributed by atoms with Crippen LogP contribution in [0.3, 0.4) is 0 Å². The lowest BCUT2D eigenvalue weighted by Gasteiger charge is -2.32. The molecule has 0 aliphatic heterocycles. The van der Waals surface area contributed by atoms with Crippen LogP contribution in [0.4, 0.5) is 0 Å². The lowest BCUT2D eigenvalue weighted by atomic mass is 9.71. The van der Waals surface area contributed by atoms with Crippen molar-refractivity contribution in [1.29, 1.82) is 0 Å². The Balaban J connectivity index is 2.17. The van der Waals surface area contributed by atoms with Crippen LogP contribution in [-0.2, 0) is 11.2 Å². The molecule has 2 rings (SSSR count). The van der Waals surface area contributed by atoms with Gasteiger partial charge in [0, 0.05) is 4.88 Å². The van der Waals surface area contributed by atoms with Gasteiger partial charge in [-0.15, -0.1) is 11.3 Å². The van der Waals surface area contributed by atoms with Crippen molar-refractivity contribution >= 4 is 23.1 Å². The molecule has 1 aliphatic carbocycles. The number of thiophene rings is 1. The summed E-state index contributed by atoms with van der Waals surface area (Å²) in [6, 6.07) is 3.71. The summed E-state index contributed by atoms with van der Waals surface area (Å²) in [4.78, 5) is 24.6. The molecule has 0 aromatic carbocycles. The Labute approximate surface area is 111 Å². The number of carbonyl (C=O) groups excluding carboxylic acids is 1. The van der Waals surface area contributed by atoms with Crippen molar-refractivity contribution in [2.24, 2.45) is 5.41 Å². The van der Waals surface area contributed by atoms with E-state index in [-0.39, 0.29) is 5.78 Å². The van der Waals surface area contributed by atoms with Crippen LogP contribution in [0.1, 0.15) is 53.6 Å².